The van der Waals surface area contributed by atoms with Gasteiger partial charge in [0.1, 0.15) is 23.1 Å². The number of amides is 1. The lowest BCUT2D eigenvalue weighted by molar-refractivity contribution is -0.143. The Morgan fingerprint density at radius 2 is 1.81 bits per heavy atom. The number of hydrogen-bond donors (Lipinski definition) is 1. The van der Waals surface area contributed by atoms with Crippen LogP contribution in [0.4, 0.5) is 0 Å². The minimum atomic E-state index is -0.975. The largest absolute Gasteiger partial charge is 0.496 e. The number of rotatable bonds is 4. The fourth-order valence-corrected chi connectivity index (χ4v) is 2.64. The molecule has 1 aromatic rings. The third-order valence-electron chi connectivity index (χ3n) is 3.69. The average molecular weight is 293 g/mol. The Balaban J connectivity index is 2.40. The monoisotopic (exact) mass is 293 g/mol. The molecular weight excluding hydrogens is 274 g/mol. The van der Waals surface area contributed by atoms with Gasteiger partial charge in [-0.3, -0.25) is 4.79 Å². The highest BCUT2D eigenvalue weighted by Crippen LogP contribution is 2.31. The first-order chi connectivity index (χ1) is 10.1. The smallest absolute Gasteiger partial charge is 0.326 e. The summed E-state index contributed by atoms with van der Waals surface area (Å²) in [4.78, 5) is 25.5. The van der Waals surface area contributed by atoms with Crippen molar-refractivity contribution < 1.29 is 24.2 Å². The van der Waals surface area contributed by atoms with Crippen molar-refractivity contribution in [3.05, 3.63) is 23.8 Å². The second-order valence-corrected chi connectivity index (χ2v) is 4.89. The number of piperidine rings is 1. The Kier molecular flexibility index (Phi) is 4.67. The molecule has 0 spiro atoms. The highest BCUT2D eigenvalue weighted by atomic mass is 16.5. The number of benzene rings is 1. The summed E-state index contributed by atoms with van der Waals surface area (Å²) in [7, 11) is 2.94. The van der Waals surface area contributed by atoms with Gasteiger partial charge < -0.3 is 19.5 Å². The Morgan fingerprint density at radius 1 is 1.19 bits per heavy atom. The summed E-state index contributed by atoms with van der Waals surface area (Å²) in [6, 6.07) is 4.26. The summed E-state index contributed by atoms with van der Waals surface area (Å²) >= 11 is 0. The van der Waals surface area contributed by atoms with Crippen molar-refractivity contribution in [2.75, 3.05) is 20.8 Å². The second kappa shape index (κ2) is 6.47. The van der Waals surface area contributed by atoms with E-state index in [2.05, 4.69) is 0 Å². The van der Waals surface area contributed by atoms with E-state index in [1.807, 2.05) is 0 Å². The van der Waals surface area contributed by atoms with E-state index in [1.165, 1.54) is 19.1 Å². The van der Waals surface area contributed by atoms with Gasteiger partial charge in [0.2, 0.25) is 0 Å². The number of ether oxygens (including phenoxy) is 2. The molecule has 0 radical (unpaired) electrons. The molecule has 1 saturated heterocycles. The van der Waals surface area contributed by atoms with Gasteiger partial charge in [0.05, 0.1) is 14.2 Å². The molecule has 6 nitrogen and oxygen atoms in total. The van der Waals surface area contributed by atoms with Crippen LogP contribution >= 0.6 is 0 Å². The zero-order valence-electron chi connectivity index (χ0n) is 12.2. The predicted octanol–water partition coefficient (Wildman–Crippen LogP) is 1.78. The molecule has 0 aromatic heterocycles. The molecule has 1 atom stereocenters. The maximum absolute atomic E-state index is 12.8. The normalized spacial score (nSPS) is 18.2. The van der Waals surface area contributed by atoms with Crippen LogP contribution < -0.4 is 9.47 Å². The van der Waals surface area contributed by atoms with Gasteiger partial charge in [-0.1, -0.05) is 6.07 Å². The van der Waals surface area contributed by atoms with Crippen LogP contribution in [0.1, 0.15) is 29.6 Å². The Labute approximate surface area is 123 Å². The molecule has 114 valence electrons. The van der Waals surface area contributed by atoms with Crippen molar-refractivity contribution in [1.29, 1.82) is 0 Å². The summed E-state index contributed by atoms with van der Waals surface area (Å²) in [5, 5.41) is 9.30. The molecule has 1 aliphatic rings. The van der Waals surface area contributed by atoms with Gasteiger partial charge in [-0.2, -0.15) is 0 Å². The van der Waals surface area contributed by atoms with Crippen LogP contribution in [0, 0.1) is 0 Å². The lowest BCUT2D eigenvalue weighted by Gasteiger charge is -2.33. The summed E-state index contributed by atoms with van der Waals surface area (Å²) in [6.07, 6.45) is 2.08. The van der Waals surface area contributed by atoms with Crippen LogP contribution in [0.3, 0.4) is 0 Å². The molecular formula is C15H19NO5. The first-order valence-electron chi connectivity index (χ1n) is 6.85. The quantitative estimate of drug-likeness (QED) is 0.915. The van der Waals surface area contributed by atoms with Crippen molar-refractivity contribution in [3.63, 3.8) is 0 Å². The SMILES string of the molecule is COc1cccc(OC)c1C(=O)N1CCCCC1C(=O)O. The molecule has 1 unspecified atom stereocenters. The number of methoxy groups -OCH3 is 2. The van der Waals surface area contributed by atoms with Gasteiger partial charge >= 0.3 is 5.97 Å². The number of likely N-dealkylation sites (tertiary alicyclic amines) is 1. The summed E-state index contributed by atoms with van der Waals surface area (Å²) in [6.45, 7) is 0.428. The molecule has 0 saturated carbocycles. The van der Waals surface area contributed by atoms with Crippen LogP contribution in [0.15, 0.2) is 18.2 Å². The van der Waals surface area contributed by atoms with Gasteiger partial charge in [0.15, 0.2) is 0 Å². The van der Waals surface area contributed by atoms with Gasteiger partial charge in [-0.05, 0) is 31.4 Å². The van der Waals surface area contributed by atoms with Crippen molar-refractivity contribution >= 4 is 11.9 Å². The predicted molar refractivity (Wildman–Crippen MR) is 75.9 cm³/mol. The number of hydrogen-bond acceptors (Lipinski definition) is 4. The molecule has 1 aliphatic heterocycles. The van der Waals surface area contributed by atoms with Crippen LogP contribution in [-0.2, 0) is 4.79 Å². The van der Waals surface area contributed by atoms with Gasteiger partial charge in [-0.25, -0.2) is 4.79 Å². The van der Waals surface area contributed by atoms with Crippen molar-refractivity contribution in [1.82, 2.24) is 4.90 Å². The van der Waals surface area contributed by atoms with Crippen LogP contribution in [-0.4, -0.2) is 48.7 Å². The number of aliphatic carboxylic acids is 1. The van der Waals surface area contributed by atoms with Gasteiger partial charge in [0, 0.05) is 6.54 Å². The summed E-state index contributed by atoms with van der Waals surface area (Å²) < 4.78 is 10.4. The fourth-order valence-electron chi connectivity index (χ4n) is 2.64. The van der Waals surface area contributed by atoms with Crippen molar-refractivity contribution in [2.45, 2.75) is 25.3 Å². The van der Waals surface area contributed by atoms with Crippen LogP contribution in [0.25, 0.3) is 0 Å². The third kappa shape index (κ3) is 2.94. The number of carbonyl (C=O) groups is 2. The van der Waals surface area contributed by atoms with E-state index in [0.29, 0.717) is 24.5 Å². The summed E-state index contributed by atoms with van der Waals surface area (Å²) in [5.41, 5.74) is 0.274. The topological polar surface area (TPSA) is 76.1 Å². The van der Waals surface area contributed by atoms with E-state index in [1.54, 1.807) is 18.2 Å². The lowest BCUT2D eigenvalue weighted by atomic mass is 10.0. The minimum absolute atomic E-state index is 0.274. The van der Waals surface area contributed by atoms with Gasteiger partial charge in [0.25, 0.3) is 5.91 Å². The number of nitrogens with zero attached hydrogens (tertiary/aromatic N) is 1. The average Bonchev–Trinajstić information content (AvgIpc) is 2.53. The van der Waals surface area contributed by atoms with Crippen molar-refractivity contribution in [3.8, 4) is 11.5 Å². The third-order valence-corrected chi connectivity index (χ3v) is 3.69. The van der Waals surface area contributed by atoms with E-state index in [9.17, 15) is 14.7 Å². The number of carboxylic acid groups (broad SMARTS) is 1. The highest BCUT2D eigenvalue weighted by molar-refractivity contribution is 6.01. The zero-order chi connectivity index (χ0) is 15.4. The molecule has 6 heteroatoms. The minimum Gasteiger partial charge on any atom is -0.496 e. The van der Waals surface area contributed by atoms with E-state index in [-0.39, 0.29) is 11.5 Å². The second-order valence-electron chi connectivity index (χ2n) is 4.89. The van der Waals surface area contributed by atoms with E-state index in [0.717, 1.165) is 12.8 Å². The maximum Gasteiger partial charge on any atom is 0.326 e. The van der Waals surface area contributed by atoms with E-state index < -0.39 is 12.0 Å². The highest BCUT2D eigenvalue weighted by Gasteiger charge is 2.34. The van der Waals surface area contributed by atoms with E-state index >= 15 is 0 Å². The first kappa shape index (κ1) is 15.2. The lowest BCUT2D eigenvalue weighted by Crippen LogP contribution is -2.48. The van der Waals surface area contributed by atoms with Crippen LogP contribution in [0.2, 0.25) is 0 Å². The summed E-state index contributed by atoms with van der Waals surface area (Å²) in [5.74, 6) is -0.573. The zero-order valence-corrected chi connectivity index (χ0v) is 12.2. The van der Waals surface area contributed by atoms with Crippen LogP contribution in [0.5, 0.6) is 11.5 Å². The molecule has 1 heterocycles. The molecule has 1 fully saturated rings. The molecule has 2 rings (SSSR count). The van der Waals surface area contributed by atoms with E-state index in [4.69, 9.17) is 9.47 Å². The Hall–Kier alpha value is -2.24. The molecule has 1 aromatic carbocycles. The molecule has 1 N–H and O–H groups in total. The molecule has 0 bridgehead atoms. The molecule has 0 aliphatic carbocycles. The van der Waals surface area contributed by atoms with Crippen molar-refractivity contribution in [2.24, 2.45) is 0 Å². The Morgan fingerprint density at radius 3 is 2.33 bits per heavy atom. The van der Waals surface area contributed by atoms with Gasteiger partial charge in [-0.15, -0.1) is 0 Å². The fraction of sp³-hybridized carbons (Fsp3) is 0.467. The molecule has 1 amide bonds. The molecule has 21 heavy (non-hydrogen) atoms. The maximum atomic E-state index is 12.8. The number of carbonyl (C=O) groups excluding carboxylic acids is 1. The standard InChI is InChI=1S/C15H19NO5/c1-20-11-7-5-8-12(21-2)13(11)14(17)16-9-4-3-6-10(16)15(18)19/h5,7-8,10H,3-4,6,9H2,1-2H3,(H,18,19). The number of carboxylic acids is 1. The Bertz CT molecular complexity index is 521. The first-order valence-corrected chi connectivity index (χ1v) is 6.85.